The van der Waals surface area contributed by atoms with E-state index in [1.807, 2.05) is 24.3 Å². The van der Waals surface area contributed by atoms with Crippen LogP contribution < -0.4 is 10.9 Å². The van der Waals surface area contributed by atoms with Crippen molar-refractivity contribution in [3.05, 3.63) is 57.1 Å². The Morgan fingerprint density at radius 2 is 1.83 bits per heavy atom. The number of aliphatic carboxylic acids is 1. The molecule has 0 aliphatic heterocycles. The van der Waals surface area contributed by atoms with Gasteiger partial charge in [0.1, 0.15) is 12.4 Å². The van der Waals surface area contributed by atoms with Gasteiger partial charge in [0.05, 0.1) is 6.54 Å². The number of benzene rings is 1. The number of amides is 1. The molecule has 2 aromatic rings. The number of hydrogen-bond acceptors (Lipinski definition) is 5. The van der Waals surface area contributed by atoms with Crippen LogP contribution in [0.5, 0.6) is 5.88 Å². The van der Waals surface area contributed by atoms with Crippen molar-refractivity contribution in [1.29, 1.82) is 0 Å². The molecular formula is C22H27N3O5. The lowest BCUT2D eigenvalue weighted by Gasteiger charge is -2.20. The largest absolute Gasteiger partial charge is 0.493 e. The van der Waals surface area contributed by atoms with Gasteiger partial charge in [-0.2, -0.15) is 4.98 Å². The highest BCUT2D eigenvalue weighted by atomic mass is 16.4. The highest BCUT2D eigenvalue weighted by Gasteiger charge is 2.28. The van der Waals surface area contributed by atoms with Crippen LogP contribution in [0.4, 0.5) is 0 Å². The van der Waals surface area contributed by atoms with Gasteiger partial charge in [0.2, 0.25) is 5.88 Å². The predicted octanol–water partition coefficient (Wildman–Crippen LogP) is 2.06. The van der Waals surface area contributed by atoms with Crippen molar-refractivity contribution in [2.75, 3.05) is 6.54 Å². The van der Waals surface area contributed by atoms with E-state index in [0.717, 1.165) is 24.0 Å². The van der Waals surface area contributed by atoms with Crippen molar-refractivity contribution in [1.82, 2.24) is 14.9 Å². The molecule has 1 aromatic carbocycles. The molecule has 0 unspecified atom stereocenters. The van der Waals surface area contributed by atoms with Gasteiger partial charge in [-0.3, -0.25) is 19.0 Å². The molecule has 3 rings (SSSR count). The summed E-state index contributed by atoms with van der Waals surface area (Å²) in [6.07, 6.45) is 2.62. The number of rotatable bonds is 7. The standard InChI is InChI=1S/C22H27N3O5/c1-22(2,3)15-8-6-14(7-9-15)12-25-16(10-13-4-5-13)24-20(29)18(21(25)30)19(28)23-11-17(26)27/h6-9,13,29H,4-5,10-12H2,1-3H3,(H,23,28)(H,26,27). The smallest absolute Gasteiger partial charge is 0.322 e. The number of carboxylic acids is 1. The summed E-state index contributed by atoms with van der Waals surface area (Å²) in [6, 6.07) is 7.89. The van der Waals surface area contributed by atoms with Gasteiger partial charge >= 0.3 is 5.97 Å². The molecule has 1 heterocycles. The zero-order valence-electron chi connectivity index (χ0n) is 17.4. The summed E-state index contributed by atoms with van der Waals surface area (Å²) >= 11 is 0. The van der Waals surface area contributed by atoms with Crippen LogP contribution >= 0.6 is 0 Å². The summed E-state index contributed by atoms with van der Waals surface area (Å²) in [4.78, 5) is 40.2. The third-order valence-corrected chi connectivity index (χ3v) is 5.19. The zero-order chi connectivity index (χ0) is 22.1. The number of carboxylic acid groups (broad SMARTS) is 1. The van der Waals surface area contributed by atoms with E-state index in [-0.39, 0.29) is 12.0 Å². The van der Waals surface area contributed by atoms with Crippen molar-refractivity contribution in [3.8, 4) is 5.88 Å². The van der Waals surface area contributed by atoms with E-state index in [1.54, 1.807) is 0 Å². The van der Waals surface area contributed by atoms with Gasteiger partial charge in [0.15, 0.2) is 5.56 Å². The molecular weight excluding hydrogens is 386 g/mol. The molecule has 1 saturated carbocycles. The maximum atomic E-state index is 13.1. The highest BCUT2D eigenvalue weighted by molar-refractivity contribution is 5.97. The maximum absolute atomic E-state index is 13.1. The monoisotopic (exact) mass is 413 g/mol. The zero-order valence-corrected chi connectivity index (χ0v) is 17.4. The molecule has 1 fully saturated rings. The Labute approximate surface area is 174 Å². The number of carbonyl (C=O) groups is 2. The molecule has 0 radical (unpaired) electrons. The van der Waals surface area contributed by atoms with E-state index < -0.39 is 35.4 Å². The number of aromatic hydroxyl groups is 1. The van der Waals surface area contributed by atoms with Crippen molar-refractivity contribution in [2.45, 2.75) is 52.0 Å². The number of hydrogen-bond donors (Lipinski definition) is 3. The molecule has 1 aromatic heterocycles. The van der Waals surface area contributed by atoms with Gasteiger partial charge < -0.3 is 15.5 Å². The van der Waals surface area contributed by atoms with Crippen molar-refractivity contribution in [3.63, 3.8) is 0 Å². The average molecular weight is 413 g/mol. The Bertz CT molecular complexity index is 1010. The fraction of sp³-hybridized carbons (Fsp3) is 0.455. The van der Waals surface area contributed by atoms with E-state index >= 15 is 0 Å². The molecule has 160 valence electrons. The maximum Gasteiger partial charge on any atom is 0.322 e. The number of carbonyl (C=O) groups excluding carboxylic acids is 1. The van der Waals surface area contributed by atoms with Crippen molar-refractivity contribution in [2.24, 2.45) is 5.92 Å². The van der Waals surface area contributed by atoms with Gasteiger partial charge in [-0.25, -0.2) is 0 Å². The van der Waals surface area contributed by atoms with Crippen LogP contribution in [0.25, 0.3) is 0 Å². The summed E-state index contributed by atoms with van der Waals surface area (Å²) in [5.74, 6) is -2.03. The van der Waals surface area contributed by atoms with E-state index in [0.29, 0.717) is 18.2 Å². The summed E-state index contributed by atoms with van der Waals surface area (Å²) < 4.78 is 1.40. The van der Waals surface area contributed by atoms with Crippen molar-refractivity contribution >= 4 is 11.9 Å². The first-order valence-electron chi connectivity index (χ1n) is 9.98. The lowest BCUT2D eigenvalue weighted by molar-refractivity contribution is -0.135. The van der Waals surface area contributed by atoms with Gasteiger partial charge in [-0.05, 0) is 35.3 Å². The van der Waals surface area contributed by atoms with E-state index in [2.05, 4.69) is 31.1 Å². The number of nitrogens with one attached hydrogen (secondary N) is 1. The van der Waals surface area contributed by atoms with Crippen LogP contribution in [0.2, 0.25) is 0 Å². The number of nitrogens with zero attached hydrogens (tertiary/aromatic N) is 2. The van der Waals surface area contributed by atoms with Crippen LogP contribution in [0, 0.1) is 5.92 Å². The van der Waals surface area contributed by atoms with E-state index in [4.69, 9.17) is 5.11 Å². The average Bonchev–Trinajstić information content (AvgIpc) is 3.47. The minimum Gasteiger partial charge on any atom is -0.493 e. The minimum absolute atomic E-state index is 0.00198. The molecule has 0 atom stereocenters. The van der Waals surface area contributed by atoms with Gasteiger partial charge in [0.25, 0.3) is 11.5 Å². The quantitative estimate of drug-likeness (QED) is 0.639. The van der Waals surface area contributed by atoms with Crippen molar-refractivity contribution < 1.29 is 19.8 Å². The lowest BCUT2D eigenvalue weighted by Crippen LogP contribution is -2.37. The van der Waals surface area contributed by atoms with Crippen LogP contribution in [0.1, 0.15) is 60.9 Å². The van der Waals surface area contributed by atoms with Gasteiger partial charge in [0, 0.05) is 6.42 Å². The number of aromatic nitrogens is 2. The van der Waals surface area contributed by atoms with Gasteiger partial charge in [-0.15, -0.1) is 0 Å². The Hall–Kier alpha value is -3.16. The van der Waals surface area contributed by atoms with Crippen LogP contribution in [-0.4, -0.2) is 38.2 Å². The Balaban J connectivity index is 1.97. The SMILES string of the molecule is CC(C)(C)c1ccc(Cn2c(CC3CC3)nc(O)c(C(=O)NCC(=O)O)c2=O)cc1. The molecule has 1 amide bonds. The Morgan fingerprint density at radius 1 is 1.20 bits per heavy atom. The second-order valence-corrected chi connectivity index (χ2v) is 8.79. The van der Waals surface area contributed by atoms with Crippen LogP contribution in [0.3, 0.4) is 0 Å². The first-order valence-corrected chi connectivity index (χ1v) is 9.98. The molecule has 3 N–H and O–H groups in total. The van der Waals surface area contributed by atoms with E-state index in [9.17, 15) is 19.5 Å². The third kappa shape index (κ3) is 5.06. The first kappa shape index (κ1) is 21.5. The molecule has 8 heteroatoms. The van der Waals surface area contributed by atoms with Crippen LogP contribution in [-0.2, 0) is 23.2 Å². The fourth-order valence-corrected chi connectivity index (χ4v) is 3.22. The first-order chi connectivity index (χ1) is 14.1. The predicted molar refractivity (Wildman–Crippen MR) is 111 cm³/mol. The van der Waals surface area contributed by atoms with E-state index in [1.165, 1.54) is 4.57 Å². The normalized spacial score (nSPS) is 13.8. The Kier molecular flexibility index (Phi) is 5.96. The fourth-order valence-electron chi connectivity index (χ4n) is 3.22. The highest BCUT2D eigenvalue weighted by Crippen LogP contribution is 2.32. The summed E-state index contributed by atoms with van der Waals surface area (Å²) in [5.41, 5.74) is 0.811. The molecule has 0 bridgehead atoms. The topological polar surface area (TPSA) is 122 Å². The van der Waals surface area contributed by atoms with Crippen LogP contribution in [0.15, 0.2) is 29.1 Å². The summed E-state index contributed by atoms with van der Waals surface area (Å²) in [5, 5.41) is 21.1. The molecule has 0 saturated heterocycles. The second-order valence-electron chi connectivity index (χ2n) is 8.79. The van der Waals surface area contributed by atoms with Gasteiger partial charge in [-0.1, -0.05) is 45.0 Å². The second kappa shape index (κ2) is 8.30. The summed E-state index contributed by atoms with van der Waals surface area (Å²) in [6.45, 7) is 5.90. The molecule has 1 aliphatic rings. The third-order valence-electron chi connectivity index (χ3n) is 5.19. The lowest BCUT2D eigenvalue weighted by atomic mass is 9.87. The molecule has 1 aliphatic carbocycles. The molecule has 30 heavy (non-hydrogen) atoms. The molecule has 0 spiro atoms. The molecule has 8 nitrogen and oxygen atoms in total. The Morgan fingerprint density at radius 3 is 2.37 bits per heavy atom. The summed E-state index contributed by atoms with van der Waals surface area (Å²) in [7, 11) is 0. The minimum atomic E-state index is -1.25.